The maximum Gasteiger partial charge on any atom is 0.276 e. The van der Waals surface area contributed by atoms with Gasteiger partial charge in [-0.15, -0.1) is 10.2 Å². The van der Waals surface area contributed by atoms with Crippen LogP contribution in [0.4, 0.5) is 0 Å². The Morgan fingerprint density at radius 3 is 2.89 bits per heavy atom. The van der Waals surface area contributed by atoms with Crippen molar-refractivity contribution in [1.82, 2.24) is 15.5 Å². The highest BCUT2D eigenvalue weighted by Crippen LogP contribution is 2.39. The third-order valence-electron chi connectivity index (χ3n) is 3.75. The van der Waals surface area contributed by atoms with E-state index in [2.05, 4.69) is 21.6 Å². The highest BCUT2D eigenvalue weighted by atomic mass is 32.2. The normalized spacial score (nSPS) is 31.1. The Morgan fingerprint density at radius 1 is 1.42 bits per heavy atom. The van der Waals surface area contributed by atoms with E-state index in [9.17, 15) is 5.26 Å². The minimum Gasteiger partial charge on any atom is -0.416 e. The Labute approximate surface area is 117 Å². The Bertz CT molecular complexity index is 493. The van der Waals surface area contributed by atoms with Crippen molar-refractivity contribution in [2.75, 3.05) is 0 Å². The van der Waals surface area contributed by atoms with E-state index in [-0.39, 0.29) is 5.54 Å². The predicted octanol–water partition coefficient (Wildman–Crippen LogP) is 2.43. The second-order valence-electron chi connectivity index (χ2n) is 5.54. The number of hydrogen-bond donors (Lipinski definition) is 1. The molecule has 1 aromatic heterocycles. The third kappa shape index (κ3) is 3.10. The first kappa shape index (κ1) is 12.9. The lowest BCUT2D eigenvalue weighted by Crippen LogP contribution is -2.49. The second kappa shape index (κ2) is 5.14. The van der Waals surface area contributed by atoms with Gasteiger partial charge in [0.1, 0.15) is 5.54 Å². The summed E-state index contributed by atoms with van der Waals surface area (Å²) in [6.07, 6.45) is 6.44. The van der Waals surface area contributed by atoms with Crippen molar-refractivity contribution >= 4 is 11.8 Å². The van der Waals surface area contributed by atoms with E-state index in [4.69, 9.17) is 4.42 Å². The van der Waals surface area contributed by atoms with Crippen LogP contribution in [0.15, 0.2) is 9.64 Å². The van der Waals surface area contributed by atoms with Crippen LogP contribution >= 0.6 is 11.8 Å². The molecule has 2 saturated carbocycles. The summed E-state index contributed by atoms with van der Waals surface area (Å²) < 4.78 is 5.42. The Balaban J connectivity index is 1.64. The quantitative estimate of drug-likeness (QED) is 0.911. The lowest BCUT2D eigenvalue weighted by Gasteiger charge is -2.35. The topological polar surface area (TPSA) is 74.7 Å². The SMILES string of the molecule is Cc1nnc(SC2CCCC(C#N)(NC3CC3)C2)o1. The molecule has 1 heterocycles. The van der Waals surface area contributed by atoms with Crippen LogP contribution < -0.4 is 5.32 Å². The van der Waals surface area contributed by atoms with Gasteiger partial charge in [0.15, 0.2) is 0 Å². The maximum atomic E-state index is 9.53. The number of rotatable bonds is 4. The molecule has 2 atom stereocenters. The highest BCUT2D eigenvalue weighted by Gasteiger charge is 2.41. The van der Waals surface area contributed by atoms with Gasteiger partial charge in [-0.1, -0.05) is 11.8 Å². The molecule has 102 valence electrons. The Morgan fingerprint density at radius 2 is 2.26 bits per heavy atom. The molecule has 0 bridgehead atoms. The number of nitrogens with zero attached hydrogens (tertiary/aromatic N) is 3. The van der Waals surface area contributed by atoms with Gasteiger partial charge in [0.05, 0.1) is 6.07 Å². The van der Waals surface area contributed by atoms with E-state index in [0.29, 0.717) is 22.4 Å². The van der Waals surface area contributed by atoms with E-state index < -0.39 is 0 Å². The summed E-state index contributed by atoms with van der Waals surface area (Å²) in [5.41, 5.74) is -0.341. The fourth-order valence-electron chi connectivity index (χ4n) is 2.68. The fraction of sp³-hybridized carbons (Fsp3) is 0.769. The molecule has 2 fully saturated rings. The van der Waals surface area contributed by atoms with Crippen LogP contribution in [0.1, 0.15) is 44.4 Å². The van der Waals surface area contributed by atoms with Crippen molar-refractivity contribution in [2.45, 2.75) is 67.5 Å². The smallest absolute Gasteiger partial charge is 0.276 e. The highest BCUT2D eigenvalue weighted by molar-refractivity contribution is 7.99. The van der Waals surface area contributed by atoms with Gasteiger partial charge in [0, 0.05) is 18.2 Å². The van der Waals surface area contributed by atoms with Gasteiger partial charge < -0.3 is 4.42 Å². The van der Waals surface area contributed by atoms with Crippen LogP contribution in [0.2, 0.25) is 0 Å². The zero-order valence-electron chi connectivity index (χ0n) is 11.1. The number of nitrogens with one attached hydrogen (secondary N) is 1. The fourth-order valence-corrected chi connectivity index (χ4v) is 3.87. The maximum absolute atomic E-state index is 9.53. The second-order valence-corrected chi connectivity index (χ2v) is 6.79. The number of hydrogen-bond acceptors (Lipinski definition) is 6. The lowest BCUT2D eigenvalue weighted by molar-refractivity contribution is 0.300. The molecule has 3 rings (SSSR count). The number of thioether (sulfide) groups is 1. The first-order chi connectivity index (χ1) is 9.19. The number of aromatic nitrogens is 2. The van der Waals surface area contributed by atoms with Gasteiger partial charge in [-0.25, -0.2) is 0 Å². The molecule has 19 heavy (non-hydrogen) atoms. The molecular formula is C13H18N4OS. The van der Waals surface area contributed by atoms with Crippen molar-refractivity contribution in [3.63, 3.8) is 0 Å². The summed E-state index contributed by atoms with van der Waals surface area (Å²) in [4.78, 5) is 0. The van der Waals surface area contributed by atoms with E-state index in [0.717, 1.165) is 25.7 Å². The molecule has 5 nitrogen and oxygen atoms in total. The predicted molar refractivity (Wildman–Crippen MR) is 71.6 cm³/mol. The first-order valence-corrected chi connectivity index (χ1v) is 7.73. The number of aryl methyl sites for hydroxylation is 1. The summed E-state index contributed by atoms with van der Waals surface area (Å²) >= 11 is 1.62. The summed E-state index contributed by atoms with van der Waals surface area (Å²) in [5, 5.41) is 22.0. The molecule has 0 aromatic carbocycles. The average Bonchev–Trinajstić information content (AvgIpc) is 3.11. The van der Waals surface area contributed by atoms with Crippen LogP contribution in [0, 0.1) is 18.3 Å². The van der Waals surface area contributed by atoms with Gasteiger partial charge in [-0.2, -0.15) is 5.26 Å². The van der Waals surface area contributed by atoms with Crippen molar-refractivity contribution in [1.29, 1.82) is 5.26 Å². The molecule has 1 aromatic rings. The van der Waals surface area contributed by atoms with Gasteiger partial charge in [-0.3, -0.25) is 5.32 Å². The minimum atomic E-state index is -0.341. The van der Waals surface area contributed by atoms with E-state index in [1.165, 1.54) is 12.8 Å². The molecule has 0 saturated heterocycles. The largest absolute Gasteiger partial charge is 0.416 e. The molecule has 6 heteroatoms. The molecule has 2 aliphatic carbocycles. The third-order valence-corrected chi connectivity index (χ3v) is 4.85. The van der Waals surface area contributed by atoms with Crippen LogP contribution in [0.25, 0.3) is 0 Å². The molecule has 0 aliphatic heterocycles. The van der Waals surface area contributed by atoms with E-state index in [1.54, 1.807) is 18.7 Å². The van der Waals surface area contributed by atoms with Gasteiger partial charge in [0.25, 0.3) is 5.22 Å². The number of nitriles is 1. The van der Waals surface area contributed by atoms with E-state index in [1.807, 2.05) is 0 Å². The molecule has 2 aliphatic rings. The monoisotopic (exact) mass is 278 g/mol. The first-order valence-electron chi connectivity index (χ1n) is 6.85. The van der Waals surface area contributed by atoms with Crippen molar-refractivity contribution in [2.24, 2.45) is 0 Å². The summed E-state index contributed by atoms with van der Waals surface area (Å²) in [6.45, 7) is 1.80. The lowest BCUT2D eigenvalue weighted by atomic mass is 9.82. The zero-order chi connectivity index (χ0) is 13.3. The molecule has 0 spiro atoms. The minimum absolute atomic E-state index is 0.341. The summed E-state index contributed by atoms with van der Waals surface area (Å²) in [7, 11) is 0. The van der Waals surface area contributed by atoms with Crippen LogP contribution in [0.3, 0.4) is 0 Å². The average molecular weight is 278 g/mol. The van der Waals surface area contributed by atoms with Gasteiger partial charge in [-0.05, 0) is 38.5 Å². The van der Waals surface area contributed by atoms with Crippen molar-refractivity contribution < 1.29 is 4.42 Å². The zero-order valence-corrected chi connectivity index (χ0v) is 11.9. The molecular weight excluding hydrogens is 260 g/mol. The van der Waals surface area contributed by atoms with Gasteiger partial charge >= 0.3 is 0 Å². The molecule has 1 N–H and O–H groups in total. The Hall–Kier alpha value is -1.06. The summed E-state index contributed by atoms with van der Waals surface area (Å²) in [6, 6.07) is 3.08. The Kier molecular flexibility index (Phi) is 3.50. The van der Waals surface area contributed by atoms with Crippen LogP contribution in [0.5, 0.6) is 0 Å². The van der Waals surface area contributed by atoms with Gasteiger partial charge in [0.2, 0.25) is 5.89 Å². The molecule has 0 amide bonds. The van der Waals surface area contributed by atoms with Crippen molar-refractivity contribution in [3.8, 4) is 6.07 Å². The van der Waals surface area contributed by atoms with E-state index >= 15 is 0 Å². The standard InChI is InChI=1S/C13H18N4OS/c1-9-16-17-12(18-9)19-11-3-2-6-13(7-11,8-14)15-10-4-5-10/h10-11,15H,2-7H2,1H3. The molecule has 2 unspecified atom stereocenters. The summed E-state index contributed by atoms with van der Waals surface area (Å²) in [5.74, 6) is 0.598. The van der Waals surface area contributed by atoms with Crippen LogP contribution in [-0.2, 0) is 0 Å². The molecule has 0 radical (unpaired) electrons. The van der Waals surface area contributed by atoms with Crippen molar-refractivity contribution in [3.05, 3.63) is 5.89 Å². The van der Waals surface area contributed by atoms with Crippen LogP contribution in [-0.4, -0.2) is 27.0 Å².